The van der Waals surface area contributed by atoms with Crippen molar-refractivity contribution in [3.63, 3.8) is 0 Å². The number of unbranched alkanes of at least 4 members (excludes halogenated alkanes) is 2. The zero-order valence-corrected chi connectivity index (χ0v) is 19.5. The van der Waals surface area contributed by atoms with E-state index in [4.69, 9.17) is 34.2 Å². The van der Waals surface area contributed by atoms with E-state index >= 15 is 0 Å². The predicted octanol–water partition coefficient (Wildman–Crippen LogP) is -0.194. The molecule has 0 aliphatic carbocycles. The first-order valence-corrected chi connectivity index (χ1v) is 11.0. The lowest BCUT2D eigenvalue weighted by Crippen LogP contribution is -2.54. The minimum absolute atomic E-state index is 0.00826. The highest BCUT2D eigenvalue weighted by molar-refractivity contribution is 5.77. The van der Waals surface area contributed by atoms with E-state index in [2.05, 4.69) is 5.32 Å². The number of nitrogens with one attached hydrogen (secondary N) is 1. The molecule has 1 rings (SSSR count). The largest absolute Gasteiger partial charge is 0.463 e. The van der Waals surface area contributed by atoms with Crippen LogP contribution in [0.15, 0.2) is 0 Å². The van der Waals surface area contributed by atoms with Crippen LogP contribution in [0.4, 0.5) is 0 Å². The van der Waals surface area contributed by atoms with Gasteiger partial charge in [0.25, 0.3) is 0 Å². The van der Waals surface area contributed by atoms with Crippen LogP contribution in [-0.2, 0) is 47.6 Å². The Labute approximate surface area is 193 Å². The second kappa shape index (κ2) is 16.4. The quantitative estimate of drug-likeness (QED) is 0.183. The molecule has 1 amide bonds. The third-order valence-corrected chi connectivity index (χ3v) is 4.50. The summed E-state index contributed by atoms with van der Waals surface area (Å²) in [5.41, 5.74) is 5.29. The van der Waals surface area contributed by atoms with E-state index in [-0.39, 0.29) is 25.5 Å². The van der Waals surface area contributed by atoms with Crippen LogP contribution in [0.1, 0.15) is 46.5 Å². The smallest absolute Gasteiger partial charge is 0.303 e. The maximum absolute atomic E-state index is 11.5. The van der Waals surface area contributed by atoms with Crippen LogP contribution in [0.3, 0.4) is 0 Å². The van der Waals surface area contributed by atoms with E-state index in [0.29, 0.717) is 32.7 Å². The van der Waals surface area contributed by atoms with Crippen molar-refractivity contribution in [3.05, 3.63) is 0 Å². The summed E-state index contributed by atoms with van der Waals surface area (Å²) in [4.78, 5) is 45.8. The predicted molar refractivity (Wildman–Crippen MR) is 114 cm³/mol. The number of esters is 3. The van der Waals surface area contributed by atoms with Crippen molar-refractivity contribution in [2.75, 3.05) is 39.5 Å². The van der Waals surface area contributed by atoms with Gasteiger partial charge in [-0.15, -0.1) is 0 Å². The van der Waals surface area contributed by atoms with Gasteiger partial charge in [-0.05, 0) is 19.3 Å². The lowest BCUT2D eigenvalue weighted by Gasteiger charge is -2.39. The highest BCUT2D eigenvalue weighted by Gasteiger charge is 2.44. The summed E-state index contributed by atoms with van der Waals surface area (Å²) in [7, 11) is 0. The first kappa shape index (κ1) is 28.8. The van der Waals surface area contributed by atoms with Gasteiger partial charge in [-0.25, -0.2) is 0 Å². The maximum atomic E-state index is 11.5. The Kier molecular flexibility index (Phi) is 14.2. The third kappa shape index (κ3) is 13.1. The summed E-state index contributed by atoms with van der Waals surface area (Å²) in [5, 5.41) is 2.75. The zero-order chi connectivity index (χ0) is 24.6. The summed E-state index contributed by atoms with van der Waals surface area (Å²) >= 11 is 0. The molecule has 0 radical (unpaired) electrons. The second-order valence-corrected chi connectivity index (χ2v) is 7.49. The van der Waals surface area contributed by atoms with Crippen LogP contribution in [0, 0.1) is 0 Å². The van der Waals surface area contributed by atoms with Crippen molar-refractivity contribution in [2.24, 2.45) is 5.73 Å². The Morgan fingerprint density at radius 2 is 1.70 bits per heavy atom. The van der Waals surface area contributed by atoms with Crippen LogP contribution in [0.25, 0.3) is 0 Å². The molecule has 12 heteroatoms. The zero-order valence-electron chi connectivity index (χ0n) is 19.5. The molecule has 4 atom stereocenters. The normalized spacial score (nSPS) is 22.3. The summed E-state index contributed by atoms with van der Waals surface area (Å²) < 4.78 is 32.2. The Morgan fingerprint density at radius 3 is 2.33 bits per heavy atom. The van der Waals surface area contributed by atoms with Crippen molar-refractivity contribution in [2.45, 2.75) is 71.1 Å². The standard InChI is InChI=1S/C21H36N2O10/c1-14(24)30-12-18-21(32-16(3)26)17(31-15(2)25)11-20(33-18)29-9-6-4-5-8-23-19(27)13-28-10-7-22/h17-18,20-21H,4-13,22H2,1-3H3,(H,23,27)/t17-,18-,20-,21-/m1/s1. The van der Waals surface area contributed by atoms with Gasteiger partial charge in [0, 0.05) is 46.9 Å². The molecule has 12 nitrogen and oxygen atoms in total. The van der Waals surface area contributed by atoms with Gasteiger partial charge < -0.3 is 39.5 Å². The summed E-state index contributed by atoms with van der Waals surface area (Å²) in [6, 6.07) is 0. The SMILES string of the molecule is CC(=O)OC[C@H]1O[C@@H](OCCCCCNC(=O)COCCN)C[C@@H](OC(C)=O)[C@H]1OC(C)=O. The fraction of sp³-hybridized carbons (Fsp3) is 0.810. The monoisotopic (exact) mass is 476 g/mol. The number of hydrogen-bond acceptors (Lipinski definition) is 11. The Balaban J connectivity index is 2.46. The number of rotatable bonds is 15. The highest BCUT2D eigenvalue weighted by Crippen LogP contribution is 2.27. The molecule has 33 heavy (non-hydrogen) atoms. The lowest BCUT2D eigenvalue weighted by atomic mass is 10.0. The van der Waals surface area contributed by atoms with E-state index in [9.17, 15) is 19.2 Å². The molecule has 3 N–H and O–H groups in total. The van der Waals surface area contributed by atoms with Crippen LogP contribution >= 0.6 is 0 Å². The fourth-order valence-corrected chi connectivity index (χ4v) is 3.15. The van der Waals surface area contributed by atoms with Gasteiger partial charge in [-0.1, -0.05) is 0 Å². The first-order valence-electron chi connectivity index (χ1n) is 11.0. The molecule has 0 spiro atoms. The third-order valence-electron chi connectivity index (χ3n) is 4.50. The van der Waals surface area contributed by atoms with Gasteiger partial charge in [-0.3, -0.25) is 19.2 Å². The van der Waals surface area contributed by atoms with Crippen molar-refractivity contribution >= 4 is 23.8 Å². The van der Waals surface area contributed by atoms with Crippen LogP contribution in [0.5, 0.6) is 0 Å². The van der Waals surface area contributed by atoms with Gasteiger partial charge in [-0.2, -0.15) is 0 Å². The molecular weight excluding hydrogens is 440 g/mol. The lowest BCUT2D eigenvalue weighted by molar-refractivity contribution is -0.266. The van der Waals surface area contributed by atoms with Gasteiger partial charge in [0.2, 0.25) is 5.91 Å². The van der Waals surface area contributed by atoms with Crippen LogP contribution in [-0.4, -0.2) is 87.9 Å². The van der Waals surface area contributed by atoms with Gasteiger partial charge in [0.15, 0.2) is 12.4 Å². The number of nitrogens with two attached hydrogens (primary N) is 1. The van der Waals surface area contributed by atoms with Crippen LogP contribution in [0.2, 0.25) is 0 Å². The molecule has 1 aliphatic rings. The number of amides is 1. The summed E-state index contributed by atoms with van der Waals surface area (Å²) in [5.74, 6) is -1.83. The van der Waals surface area contributed by atoms with Gasteiger partial charge in [0.05, 0.1) is 6.61 Å². The van der Waals surface area contributed by atoms with E-state index in [1.54, 1.807) is 0 Å². The molecule has 190 valence electrons. The molecule has 0 aromatic carbocycles. The Morgan fingerprint density at radius 1 is 0.970 bits per heavy atom. The average Bonchev–Trinajstić information content (AvgIpc) is 2.73. The van der Waals surface area contributed by atoms with Gasteiger partial charge >= 0.3 is 17.9 Å². The van der Waals surface area contributed by atoms with E-state index in [1.807, 2.05) is 0 Å². The Bertz CT molecular complexity index is 630. The molecule has 0 unspecified atom stereocenters. The second-order valence-electron chi connectivity index (χ2n) is 7.49. The molecule has 1 fully saturated rings. The number of hydrogen-bond donors (Lipinski definition) is 2. The summed E-state index contributed by atoms with van der Waals surface area (Å²) in [6.07, 6.45) is -0.884. The molecule has 0 saturated carbocycles. The number of carbonyl (C=O) groups is 4. The van der Waals surface area contributed by atoms with Crippen molar-refractivity contribution < 1.29 is 47.6 Å². The molecule has 0 aromatic rings. The average molecular weight is 477 g/mol. The molecular formula is C21H36N2O10. The van der Waals surface area contributed by atoms with E-state index in [0.717, 1.165) is 12.8 Å². The molecule has 1 saturated heterocycles. The molecule has 0 aromatic heterocycles. The van der Waals surface area contributed by atoms with Crippen molar-refractivity contribution in [1.29, 1.82) is 0 Å². The molecule has 0 bridgehead atoms. The van der Waals surface area contributed by atoms with Crippen molar-refractivity contribution in [1.82, 2.24) is 5.32 Å². The molecule has 1 heterocycles. The number of carbonyl (C=O) groups excluding carboxylic acids is 4. The highest BCUT2D eigenvalue weighted by atomic mass is 16.7. The fourth-order valence-electron chi connectivity index (χ4n) is 3.15. The number of ether oxygens (including phenoxy) is 6. The van der Waals surface area contributed by atoms with Crippen molar-refractivity contribution in [3.8, 4) is 0 Å². The van der Waals surface area contributed by atoms with E-state index < -0.39 is 42.5 Å². The first-order chi connectivity index (χ1) is 15.7. The van der Waals surface area contributed by atoms with E-state index in [1.165, 1.54) is 20.8 Å². The summed E-state index contributed by atoms with van der Waals surface area (Å²) in [6.45, 7) is 5.13. The van der Waals surface area contributed by atoms with Gasteiger partial charge in [0.1, 0.15) is 25.4 Å². The minimum atomic E-state index is -0.928. The Hall–Kier alpha value is -2.28. The van der Waals surface area contributed by atoms with Crippen LogP contribution < -0.4 is 11.1 Å². The molecule has 1 aliphatic heterocycles. The topological polar surface area (TPSA) is 162 Å². The maximum Gasteiger partial charge on any atom is 0.303 e. The minimum Gasteiger partial charge on any atom is -0.463 e.